The van der Waals surface area contributed by atoms with E-state index in [1.165, 1.54) is 0 Å². The van der Waals surface area contributed by atoms with E-state index in [4.69, 9.17) is 0 Å². The monoisotopic (exact) mass is 292 g/mol. The molecule has 0 aliphatic rings. The molecule has 106 valence electrons. The molecule has 0 radical (unpaired) electrons. The van der Waals surface area contributed by atoms with Gasteiger partial charge in [0, 0.05) is 10.5 Å². The Morgan fingerprint density at radius 2 is 1.67 bits per heavy atom. The molecule has 0 aromatic heterocycles. The standard InChI is InChI=1S/C12H24N2O2S2/c1-8(15)10(13-5)7-17-18-12(3,4)11(14-6)9(2)16/h10-11,13-14H,7H2,1-6H3/t10-,11?/m0/s1. The number of rotatable bonds is 9. The van der Waals surface area contributed by atoms with Gasteiger partial charge in [0.1, 0.15) is 11.6 Å². The molecule has 4 nitrogen and oxygen atoms in total. The Morgan fingerprint density at radius 1 is 1.11 bits per heavy atom. The first kappa shape index (κ1) is 18.0. The summed E-state index contributed by atoms with van der Waals surface area (Å²) in [5.41, 5.74) is 0. The minimum atomic E-state index is -0.208. The van der Waals surface area contributed by atoms with Gasteiger partial charge in [-0.1, -0.05) is 21.6 Å². The Labute approximate surface area is 118 Å². The van der Waals surface area contributed by atoms with Crippen LogP contribution in [0.3, 0.4) is 0 Å². The molecule has 0 amide bonds. The van der Waals surface area contributed by atoms with Gasteiger partial charge in [0.15, 0.2) is 0 Å². The highest BCUT2D eigenvalue weighted by Crippen LogP contribution is 2.38. The Morgan fingerprint density at radius 3 is 2.00 bits per heavy atom. The van der Waals surface area contributed by atoms with Gasteiger partial charge < -0.3 is 10.6 Å². The van der Waals surface area contributed by atoms with Gasteiger partial charge in [0.2, 0.25) is 0 Å². The number of carbonyl (C=O) groups excluding carboxylic acids is 2. The molecular weight excluding hydrogens is 268 g/mol. The maximum atomic E-state index is 11.5. The lowest BCUT2D eigenvalue weighted by atomic mass is 10.0. The third-order valence-corrected chi connectivity index (χ3v) is 6.04. The first-order valence-corrected chi connectivity index (χ1v) is 8.24. The number of carbonyl (C=O) groups is 2. The van der Waals surface area contributed by atoms with E-state index in [-0.39, 0.29) is 28.4 Å². The Balaban J connectivity index is 4.34. The molecule has 0 rings (SSSR count). The lowest BCUT2D eigenvalue weighted by Gasteiger charge is -2.31. The molecule has 0 saturated heterocycles. The number of nitrogens with one attached hydrogen (secondary N) is 2. The molecule has 6 heteroatoms. The molecule has 2 N–H and O–H groups in total. The number of ketones is 2. The maximum absolute atomic E-state index is 11.5. The fourth-order valence-electron chi connectivity index (χ4n) is 1.75. The van der Waals surface area contributed by atoms with Crippen molar-refractivity contribution in [3.63, 3.8) is 0 Å². The van der Waals surface area contributed by atoms with Crippen LogP contribution in [0.15, 0.2) is 0 Å². The average Bonchev–Trinajstić information content (AvgIpc) is 2.23. The summed E-state index contributed by atoms with van der Waals surface area (Å²) in [5.74, 6) is 0.973. The Kier molecular flexibility index (Phi) is 8.18. The van der Waals surface area contributed by atoms with E-state index in [2.05, 4.69) is 10.6 Å². The van der Waals surface area contributed by atoms with E-state index in [0.29, 0.717) is 5.75 Å². The van der Waals surface area contributed by atoms with Crippen molar-refractivity contribution in [3.05, 3.63) is 0 Å². The molecule has 0 bridgehead atoms. The van der Waals surface area contributed by atoms with Gasteiger partial charge in [-0.25, -0.2) is 0 Å². The largest absolute Gasteiger partial charge is 0.310 e. The maximum Gasteiger partial charge on any atom is 0.148 e. The normalized spacial score (nSPS) is 15.2. The SMILES string of the molecule is CNC(C(C)=O)C(C)(C)SSC[C@H](NC)C(C)=O. The topological polar surface area (TPSA) is 58.2 Å². The highest BCUT2D eigenvalue weighted by atomic mass is 33.1. The van der Waals surface area contributed by atoms with Crippen LogP contribution in [-0.4, -0.2) is 48.2 Å². The van der Waals surface area contributed by atoms with Gasteiger partial charge in [0.05, 0.1) is 12.1 Å². The van der Waals surface area contributed by atoms with Crippen molar-refractivity contribution in [1.82, 2.24) is 10.6 Å². The van der Waals surface area contributed by atoms with Crippen molar-refractivity contribution in [2.24, 2.45) is 0 Å². The molecule has 0 fully saturated rings. The van der Waals surface area contributed by atoms with Gasteiger partial charge >= 0.3 is 0 Å². The molecule has 0 aromatic rings. The highest BCUT2D eigenvalue weighted by Gasteiger charge is 2.33. The predicted octanol–water partition coefficient (Wildman–Crippen LogP) is 1.50. The quantitative estimate of drug-likeness (QED) is 0.628. The van der Waals surface area contributed by atoms with Crippen LogP contribution < -0.4 is 10.6 Å². The van der Waals surface area contributed by atoms with Crippen molar-refractivity contribution in [2.45, 2.75) is 44.5 Å². The molecule has 0 saturated carbocycles. The summed E-state index contributed by atoms with van der Waals surface area (Å²) in [6, 6.07) is -0.302. The van der Waals surface area contributed by atoms with Crippen LogP contribution in [0.25, 0.3) is 0 Å². The van der Waals surface area contributed by atoms with Crippen LogP contribution in [0.4, 0.5) is 0 Å². The summed E-state index contributed by atoms with van der Waals surface area (Å²) in [6.07, 6.45) is 0. The summed E-state index contributed by atoms with van der Waals surface area (Å²) in [7, 11) is 6.85. The van der Waals surface area contributed by atoms with Crippen LogP contribution >= 0.6 is 21.6 Å². The average molecular weight is 292 g/mol. The van der Waals surface area contributed by atoms with E-state index < -0.39 is 0 Å². The first-order chi connectivity index (χ1) is 8.26. The smallest absolute Gasteiger partial charge is 0.148 e. The molecule has 1 unspecified atom stereocenters. The molecule has 18 heavy (non-hydrogen) atoms. The summed E-state index contributed by atoms with van der Waals surface area (Å²) >= 11 is 0. The zero-order valence-electron chi connectivity index (χ0n) is 12.0. The van der Waals surface area contributed by atoms with Crippen LogP contribution in [0.5, 0.6) is 0 Å². The van der Waals surface area contributed by atoms with Gasteiger partial charge in [0.25, 0.3) is 0 Å². The second-order valence-corrected chi connectivity index (χ2v) is 7.75. The fourth-order valence-corrected chi connectivity index (χ4v) is 4.85. The van der Waals surface area contributed by atoms with Gasteiger partial charge in [-0.3, -0.25) is 9.59 Å². The minimum absolute atomic E-state index is 0.122. The molecule has 0 aromatic carbocycles. The first-order valence-electron chi connectivity index (χ1n) is 5.92. The highest BCUT2D eigenvalue weighted by molar-refractivity contribution is 8.77. The molecule has 0 heterocycles. The third-order valence-electron chi connectivity index (χ3n) is 2.74. The second kappa shape index (κ2) is 8.19. The fraction of sp³-hybridized carbons (Fsp3) is 0.833. The number of hydrogen-bond acceptors (Lipinski definition) is 6. The molecule has 0 aliphatic heterocycles. The summed E-state index contributed by atoms with van der Waals surface area (Å²) < 4.78 is -0.208. The Hall–Kier alpha value is -0.0400. The molecule has 0 spiro atoms. The van der Waals surface area contributed by atoms with Crippen LogP contribution in [0.1, 0.15) is 27.7 Å². The number of likely N-dealkylation sites (N-methyl/N-ethyl adjacent to an activating group) is 2. The van der Waals surface area contributed by atoms with Crippen molar-refractivity contribution in [2.75, 3.05) is 19.8 Å². The van der Waals surface area contributed by atoms with Crippen molar-refractivity contribution in [3.8, 4) is 0 Å². The van der Waals surface area contributed by atoms with E-state index in [0.717, 1.165) is 0 Å². The summed E-state index contributed by atoms with van der Waals surface area (Å²) in [4.78, 5) is 22.8. The van der Waals surface area contributed by atoms with E-state index in [1.54, 1.807) is 49.5 Å². The minimum Gasteiger partial charge on any atom is -0.310 e. The van der Waals surface area contributed by atoms with Gasteiger partial charge in [-0.05, 0) is 41.8 Å². The third kappa shape index (κ3) is 5.73. The van der Waals surface area contributed by atoms with E-state index in [9.17, 15) is 9.59 Å². The number of hydrogen-bond donors (Lipinski definition) is 2. The zero-order chi connectivity index (χ0) is 14.3. The van der Waals surface area contributed by atoms with E-state index >= 15 is 0 Å². The van der Waals surface area contributed by atoms with Crippen molar-refractivity contribution >= 4 is 33.2 Å². The van der Waals surface area contributed by atoms with Crippen LogP contribution in [-0.2, 0) is 9.59 Å². The van der Waals surface area contributed by atoms with Gasteiger partial charge in [-0.2, -0.15) is 0 Å². The second-order valence-electron chi connectivity index (χ2n) is 4.76. The molecule has 0 aliphatic carbocycles. The van der Waals surface area contributed by atoms with Crippen LogP contribution in [0.2, 0.25) is 0 Å². The molecular formula is C12H24N2O2S2. The Bertz CT molecular complexity index is 296. The molecule has 2 atom stereocenters. The number of Topliss-reactive ketones (excluding diaryl/α,β-unsaturated/α-hetero) is 2. The summed E-state index contributed by atoms with van der Waals surface area (Å²) in [5, 5.41) is 6.04. The van der Waals surface area contributed by atoms with Crippen molar-refractivity contribution in [1.29, 1.82) is 0 Å². The summed E-state index contributed by atoms with van der Waals surface area (Å²) in [6.45, 7) is 7.26. The zero-order valence-corrected chi connectivity index (χ0v) is 13.6. The van der Waals surface area contributed by atoms with Crippen molar-refractivity contribution < 1.29 is 9.59 Å². The lowest BCUT2D eigenvalue weighted by molar-refractivity contribution is -0.119. The van der Waals surface area contributed by atoms with Crippen LogP contribution in [0, 0.1) is 0 Å². The lowest BCUT2D eigenvalue weighted by Crippen LogP contribution is -2.47. The van der Waals surface area contributed by atoms with Gasteiger partial charge in [-0.15, -0.1) is 0 Å². The van der Waals surface area contributed by atoms with E-state index in [1.807, 2.05) is 13.8 Å². The predicted molar refractivity (Wildman–Crippen MR) is 81.2 cm³/mol.